The van der Waals surface area contributed by atoms with Crippen molar-refractivity contribution in [2.24, 2.45) is 5.92 Å². The van der Waals surface area contributed by atoms with Gasteiger partial charge in [0.1, 0.15) is 34.4 Å². The number of methoxy groups -OCH3 is 1. The number of aromatic nitrogens is 2. The summed E-state index contributed by atoms with van der Waals surface area (Å²) in [6, 6.07) is 13.2. The van der Waals surface area contributed by atoms with E-state index in [1.165, 1.54) is 19.2 Å². The van der Waals surface area contributed by atoms with Gasteiger partial charge in [0, 0.05) is 31.1 Å². The maximum Gasteiger partial charge on any atom is 0.410 e. The van der Waals surface area contributed by atoms with E-state index in [-0.39, 0.29) is 17.8 Å². The Morgan fingerprint density at radius 2 is 1.55 bits per heavy atom. The first-order valence-electron chi connectivity index (χ1n) is 13.8. The average molecular weight is 550 g/mol. The van der Waals surface area contributed by atoms with Crippen molar-refractivity contribution in [1.82, 2.24) is 14.5 Å². The molecule has 0 radical (unpaired) electrons. The molecule has 212 valence electrons. The zero-order chi connectivity index (χ0) is 28.4. The summed E-state index contributed by atoms with van der Waals surface area (Å²) >= 11 is 0. The molecule has 5 rings (SSSR count). The molecule has 0 spiro atoms. The molecule has 1 aromatic heterocycles. The summed E-state index contributed by atoms with van der Waals surface area (Å²) < 4.78 is 31.8. The molecule has 0 bridgehead atoms. The lowest BCUT2D eigenvalue weighted by Crippen LogP contribution is -2.43. The predicted molar refractivity (Wildman–Crippen MR) is 148 cm³/mol. The highest BCUT2D eigenvalue weighted by Crippen LogP contribution is 2.41. The third-order valence-electron chi connectivity index (χ3n) is 7.54. The Morgan fingerprint density at radius 3 is 2.15 bits per heavy atom. The van der Waals surface area contributed by atoms with Crippen molar-refractivity contribution in [2.75, 3.05) is 20.2 Å². The molecule has 3 heterocycles. The number of amides is 1. The van der Waals surface area contributed by atoms with Gasteiger partial charge in [0.2, 0.25) is 0 Å². The predicted octanol–water partition coefficient (Wildman–Crippen LogP) is 6.79. The van der Waals surface area contributed by atoms with Crippen LogP contribution in [0.4, 0.5) is 9.18 Å². The second kappa shape index (κ2) is 11.3. The zero-order valence-corrected chi connectivity index (χ0v) is 23.5. The van der Waals surface area contributed by atoms with Crippen molar-refractivity contribution in [3.63, 3.8) is 0 Å². The minimum atomic E-state index is -0.520. The van der Waals surface area contributed by atoms with Gasteiger partial charge in [0.25, 0.3) is 0 Å². The Balaban J connectivity index is 1.37. The van der Waals surface area contributed by atoms with Gasteiger partial charge in [-0.25, -0.2) is 19.0 Å². The molecule has 2 aromatic carbocycles. The highest BCUT2D eigenvalue weighted by Gasteiger charge is 2.37. The van der Waals surface area contributed by atoms with Crippen LogP contribution in [-0.4, -0.2) is 52.3 Å². The molecular formula is C31H36FN3O5. The number of esters is 1. The zero-order valence-electron chi connectivity index (χ0n) is 23.5. The first kappa shape index (κ1) is 27.7. The van der Waals surface area contributed by atoms with Crippen LogP contribution in [0.25, 0.3) is 11.3 Å². The van der Waals surface area contributed by atoms with E-state index in [9.17, 15) is 14.0 Å². The maximum absolute atomic E-state index is 13.2. The number of nitrogens with zero attached hydrogens (tertiary/aromatic N) is 3. The second-order valence-corrected chi connectivity index (χ2v) is 11.4. The van der Waals surface area contributed by atoms with Crippen LogP contribution in [0.15, 0.2) is 48.5 Å². The molecule has 2 aliphatic heterocycles. The number of ether oxygens (including phenoxy) is 3. The number of benzene rings is 2. The van der Waals surface area contributed by atoms with Crippen molar-refractivity contribution in [3.8, 4) is 22.8 Å². The van der Waals surface area contributed by atoms with Gasteiger partial charge < -0.3 is 23.7 Å². The Morgan fingerprint density at radius 1 is 0.925 bits per heavy atom. The molecule has 8 nitrogen and oxygen atoms in total. The van der Waals surface area contributed by atoms with Gasteiger partial charge in [-0.2, -0.15) is 0 Å². The van der Waals surface area contributed by atoms with E-state index in [1.807, 2.05) is 49.6 Å². The smallest absolute Gasteiger partial charge is 0.410 e. The highest BCUT2D eigenvalue weighted by atomic mass is 19.1. The number of fused-ring (bicyclic) bond motifs is 1. The number of piperidine rings is 1. The van der Waals surface area contributed by atoms with Crippen LogP contribution < -0.4 is 4.74 Å². The van der Waals surface area contributed by atoms with Crippen LogP contribution in [-0.2, 0) is 16.0 Å². The molecule has 1 saturated heterocycles. The van der Waals surface area contributed by atoms with Gasteiger partial charge in [0.15, 0.2) is 5.69 Å². The van der Waals surface area contributed by atoms with Crippen molar-refractivity contribution in [2.45, 2.75) is 64.5 Å². The number of carbonyl (C=O) groups is 2. The highest BCUT2D eigenvalue weighted by molar-refractivity contribution is 5.95. The molecule has 1 fully saturated rings. The molecule has 1 atom stereocenters. The normalized spacial score (nSPS) is 17.7. The minimum Gasteiger partial charge on any atom is -0.464 e. The minimum absolute atomic E-state index is 0.188. The van der Waals surface area contributed by atoms with E-state index in [1.54, 1.807) is 17.0 Å². The van der Waals surface area contributed by atoms with Crippen LogP contribution >= 0.6 is 0 Å². The average Bonchev–Trinajstić information content (AvgIpc) is 3.33. The first-order chi connectivity index (χ1) is 19.1. The first-order valence-corrected chi connectivity index (χ1v) is 13.8. The fourth-order valence-electron chi connectivity index (χ4n) is 5.66. The summed E-state index contributed by atoms with van der Waals surface area (Å²) in [7, 11) is 1.39. The van der Waals surface area contributed by atoms with Crippen molar-refractivity contribution in [3.05, 3.63) is 65.9 Å². The van der Waals surface area contributed by atoms with E-state index >= 15 is 0 Å². The summed E-state index contributed by atoms with van der Waals surface area (Å²) in [6.45, 7) is 7.62. The number of likely N-dealkylation sites (tertiary alicyclic amines) is 1. The van der Waals surface area contributed by atoms with Crippen LogP contribution in [0.3, 0.4) is 0 Å². The Bertz CT molecular complexity index is 1350. The quantitative estimate of drug-likeness (QED) is 0.326. The third-order valence-corrected chi connectivity index (χ3v) is 7.54. The van der Waals surface area contributed by atoms with Gasteiger partial charge in [-0.05, 0) is 101 Å². The van der Waals surface area contributed by atoms with E-state index < -0.39 is 11.6 Å². The largest absolute Gasteiger partial charge is 0.464 e. The molecule has 0 N–H and O–H groups in total. The number of imidazole rings is 1. The molecule has 0 aliphatic carbocycles. The fraction of sp³-hybridized carbons (Fsp3) is 0.452. The SMILES string of the molecule is COC(=O)c1c(-c2ccc(Oc3ccc(F)cc3)cc2)nc2n1CCCC2C1CCN(C(=O)OC(C)(C)C)CC1. The summed E-state index contributed by atoms with van der Waals surface area (Å²) in [4.78, 5) is 32.4. The number of hydrogen-bond acceptors (Lipinski definition) is 6. The van der Waals surface area contributed by atoms with Gasteiger partial charge in [0.05, 0.1) is 7.11 Å². The molecule has 1 unspecified atom stereocenters. The molecule has 40 heavy (non-hydrogen) atoms. The van der Waals surface area contributed by atoms with Gasteiger partial charge in [-0.15, -0.1) is 0 Å². The second-order valence-electron chi connectivity index (χ2n) is 11.4. The number of carbonyl (C=O) groups excluding carboxylic acids is 2. The Labute approximate surface area is 234 Å². The Hall–Kier alpha value is -3.88. The van der Waals surface area contributed by atoms with Crippen LogP contribution in [0.2, 0.25) is 0 Å². The molecule has 3 aromatic rings. The summed E-state index contributed by atoms with van der Waals surface area (Å²) in [5.41, 5.74) is 1.31. The number of halogens is 1. The number of hydrogen-bond donors (Lipinski definition) is 0. The van der Waals surface area contributed by atoms with Crippen LogP contribution in [0.1, 0.15) is 68.7 Å². The van der Waals surface area contributed by atoms with E-state index in [0.29, 0.717) is 48.4 Å². The monoisotopic (exact) mass is 549 g/mol. The summed E-state index contributed by atoms with van der Waals surface area (Å²) in [5.74, 6) is 1.83. The van der Waals surface area contributed by atoms with Gasteiger partial charge >= 0.3 is 12.1 Å². The van der Waals surface area contributed by atoms with Crippen LogP contribution in [0, 0.1) is 11.7 Å². The molecule has 9 heteroatoms. The summed E-state index contributed by atoms with van der Waals surface area (Å²) in [6.07, 6.45) is 3.37. The van der Waals surface area contributed by atoms with E-state index in [2.05, 4.69) is 0 Å². The van der Waals surface area contributed by atoms with Crippen molar-refractivity contribution in [1.29, 1.82) is 0 Å². The van der Waals surface area contributed by atoms with Gasteiger partial charge in [-0.1, -0.05) is 0 Å². The lowest BCUT2D eigenvalue weighted by atomic mass is 9.80. The van der Waals surface area contributed by atoms with Crippen molar-refractivity contribution < 1.29 is 28.2 Å². The molecule has 2 aliphatic rings. The molecule has 0 saturated carbocycles. The van der Waals surface area contributed by atoms with Crippen molar-refractivity contribution >= 4 is 12.1 Å². The topological polar surface area (TPSA) is 82.9 Å². The van der Waals surface area contributed by atoms with Crippen LogP contribution in [0.5, 0.6) is 11.5 Å². The van der Waals surface area contributed by atoms with E-state index in [0.717, 1.165) is 37.1 Å². The Kier molecular flexibility index (Phi) is 7.83. The lowest BCUT2D eigenvalue weighted by Gasteiger charge is -2.38. The maximum atomic E-state index is 13.2. The molecular weight excluding hydrogens is 513 g/mol. The van der Waals surface area contributed by atoms with Gasteiger partial charge in [-0.3, -0.25) is 0 Å². The lowest BCUT2D eigenvalue weighted by molar-refractivity contribution is 0.0168. The van der Waals surface area contributed by atoms with E-state index in [4.69, 9.17) is 19.2 Å². The summed E-state index contributed by atoms with van der Waals surface area (Å²) in [5, 5.41) is 0. The third kappa shape index (κ3) is 5.98. The standard InChI is InChI=1S/C31H36FN3O5/c1-31(2,3)40-30(37)34-18-15-20(16-19-34)25-6-5-17-35-27(29(36)38-4)26(33-28(25)35)21-7-11-23(12-8-21)39-24-13-9-22(32)10-14-24/h7-14,20,25H,5-6,15-19H2,1-4H3. The number of rotatable bonds is 5. The molecule has 1 amide bonds. The fourth-order valence-corrected chi connectivity index (χ4v) is 5.66.